The first-order valence-corrected chi connectivity index (χ1v) is 9.32. The SMILES string of the molecule is CCCCOC(=O)[C@@]1(O)C[C@@H](O)[C@H](O)[C@H](OC(=O)/C=C/c2ccc(O)c(O)c2)C1. The van der Waals surface area contributed by atoms with Crippen LogP contribution in [0.15, 0.2) is 24.3 Å². The van der Waals surface area contributed by atoms with Crippen molar-refractivity contribution in [3.8, 4) is 11.5 Å². The van der Waals surface area contributed by atoms with Gasteiger partial charge in [0.25, 0.3) is 0 Å². The highest BCUT2D eigenvalue weighted by Crippen LogP contribution is 2.32. The molecule has 0 saturated heterocycles. The lowest BCUT2D eigenvalue weighted by Gasteiger charge is -2.39. The molecule has 9 nitrogen and oxygen atoms in total. The summed E-state index contributed by atoms with van der Waals surface area (Å²) >= 11 is 0. The molecule has 1 aliphatic carbocycles. The summed E-state index contributed by atoms with van der Waals surface area (Å²) in [4.78, 5) is 24.3. The smallest absolute Gasteiger partial charge is 0.338 e. The fourth-order valence-corrected chi connectivity index (χ4v) is 2.97. The van der Waals surface area contributed by atoms with Gasteiger partial charge in [0, 0.05) is 18.9 Å². The summed E-state index contributed by atoms with van der Waals surface area (Å²) in [5.74, 6) is -2.50. The third kappa shape index (κ3) is 5.93. The predicted octanol–water partition coefficient (Wildman–Crippen LogP) is 0.613. The number of unbranched alkanes of at least 4 members (excludes halogenated alkanes) is 1. The Hall–Kier alpha value is -2.62. The highest BCUT2D eigenvalue weighted by molar-refractivity contribution is 5.87. The van der Waals surface area contributed by atoms with Gasteiger partial charge in [-0.05, 0) is 30.2 Å². The Morgan fingerprint density at radius 1 is 1.21 bits per heavy atom. The van der Waals surface area contributed by atoms with Crippen LogP contribution < -0.4 is 0 Å². The quantitative estimate of drug-likeness (QED) is 0.188. The second-order valence-corrected chi connectivity index (χ2v) is 7.04. The fourth-order valence-electron chi connectivity index (χ4n) is 2.97. The molecule has 0 spiro atoms. The zero-order valence-corrected chi connectivity index (χ0v) is 16.0. The maximum atomic E-state index is 12.2. The number of ether oxygens (including phenoxy) is 2. The van der Waals surface area contributed by atoms with E-state index in [9.17, 15) is 35.1 Å². The van der Waals surface area contributed by atoms with E-state index >= 15 is 0 Å². The molecule has 2 rings (SSSR count). The summed E-state index contributed by atoms with van der Waals surface area (Å²) in [6.45, 7) is 2.02. The molecule has 0 heterocycles. The Morgan fingerprint density at radius 2 is 1.93 bits per heavy atom. The first-order valence-electron chi connectivity index (χ1n) is 9.32. The maximum absolute atomic E-state index is 12.2. The van der Waals surface area contributed by atoms with E-state index in [2.05, 4.69) is 0 Å². The molecule has 0 unspecified atom stereocenters. The van der Waals surface area contributed by atoms with Crippen LogP contribution in [-0.4, -0.2) is 68.0 Å². The summed E-state index contributed by atoms with van der Waals surface area (Å²) in [7, 11) is 0. The lowest BCUT2D eigenvalue weighted by atomic mass is 9.79. The van der Waals surface area contributed by atoms with E-state index < -0.39 is 48.7 Å². The number of aliphatic hydroxyl groups is 3. The minimum absolute atomic E-state index is 0.114. The van der Waals surface area contributed by atoms with Gasteiger partial charge in [-0.25, -0.2) is 9.59 Å². The first kappa shape index (κ1) is 22.7. The van der Waals surface area contributed by atoms with E-state index in [0.717, 1.165) is 12.5 Å². The van der Waals surface area contributed by atoms with Crippen LogP contribution in [0.5, 0.6) is 11.5 Å². The van der Waals surface area contributed by atoms with Gasteiger partial charge in [0.2, 0.25) is 0 Å². The normalized spacial score (nSPS) is 27.0. The number of aliphatic hydroxyl groups excluding tert-OH is 2. The molecule has 1 saturated carbocycles. The molecule has 0 bridgehead atoms. The minimum atomic E-state index is -2.08. The van der Waals surface area contributed by atoms with Gasteiger partial charge in [0.1, 0.15) is 12.2 Å². The Labute approximate surface area is 167 Å². The number of carbonyl (C=O) groups is 2. The largest absolute Gasteiger partial charge is 0.504 e. The molecule has 9 heteroatoms. The zero-order valence-electron chi connectivity index (χ0n) is 16.0. The van der Waals surface area contributed by atoms with Crippen LogP contribution in [0.2, 0.25) is 0 Å². The van der Waals surface area contributed by atoms with E-state index in [1.54, 1.807) is 0 Å². The zero-order chi connectivity index (χ0) is 21.6. The Bertz CT molecular complexity index is 760. The maximum Gasteiger partial charge on any atom is 0.338 e. The lowest BCUT2D eigenvalue weighted by Crippen LogP contribution is -2.57. The van der Waals surface area contributed by atoms with Crippen molar-refractivity contribution in [2.75, 3.05) is 6.61 Å². The van der Waals surface area contributed by atoms with Crippen LogP contribution in [0.3, 0.4) is 0 Å². The molecule has 1 fully saturated rings. The van der Waals surface area contributed by atoms with E-state index in [-0.39, 0.29) is 18.1 Å². The van der Waals surface area contributed by atoms with Gasteiger partial charge in [0.15, 0.2) is 17.1 Å². The van der Waals surface area contributed by atoms with Crippen LogP contribution in [0.1, 0.15) is 38.2 Å². The van der Waals surface area contributed by atoms with Crippen molar-refractivity contribution in [1.29, 1.82) is 0 Å². The molecule has 0 amide bonds. The van der Waals surface area contributed by atoms with Crippen molar-refractivity contribution in [3.63, 3.8) is 0 Å². The molecule has 0 aromatic heterocycles. The summed E-state index contributed by atoms with van der Waals surface area (Å²) in [6.07, 6.45) is -1.42. The number of esters is 2. The van der Waals surface area contributed by atoms with E-state index in [4.69, 9.17) is 9.47 Å². The highest BCUT2D eigenvalue weighted by Gasteiger charge is 2.51. The standard InChI is InChI=1S/C20H26O9/c1-2-3-8-28-19(26)20(27)10-15(23)18(25)16(11-20)29-17(24)7-5-12-4-6-13(21)14(22)9-12/h4-7,9,15-16,18,21-23,25,27H,2-3,8,10-11H2,1H3/b7-5+/t15-,16-,18+,20-/m1/s1. The van der Waals surface area contributed by atoms with Crippen LogP contribution in [0.4, 0.5) is 0 Å². The van der Waals surface area contributed by atoms with E-state index in [0.29, 0.717) is 12.0 Å². The molecule has 1 aliphatic rings. The molecule has 0 aliphatic heterocycles. The van der Waals surface area contributed by atoms with Crippen molar-refractivity contribution in [2.24, 2.45) is 0 Å². The van der Waals surface area contributed by atoms with Gasteiger partial charge in [-0.15, -0.1) is 0 Å². The van der Waals surface area contributed by atoms with E-state index in [1.807, 2.05) is 6.92 Å². The van der Waals surface area contributed by atoms with Gasteiger partial charge < -0.3 is 35.0 Å². The minimum Gasteiger partial charge on any atom is -0.504 e. The summed E-state index contributed by atoms with van der Waals surface area (Å²) in [5.41, 5.74) is -1.68. The third-order valence-electron chi connectivity index (χ3n) is 4.65. The molecular weight excluding hydrogens is 384 g/mol. The molecular formula is C20H26O9. The Kier molecular flexibility index (Phi) is 7.60. The number of phenolic OH excluding ortho intramolecular Hbond substituents is 2. The van der Waals surface area contributed by atoms with Gasteiger partial charge in [-0.1, -0.05) is 19.4 Å². The summed E-state index contributed by atoms with van der Waals surface area (Å²) in [5, 5.41) is 49.4. The van der Waals surface area contributed by atoms with Gasteiger partial charge in [-0.2, -0.15) is 0 Å². The van der Waals surface area contributed by atoms with Gasteiger partial charge in [0.05, 0.1) is 12.7 Å². The summed E-state index contributed by atoms with van der Waals surface area (Å²) < 4.78 is 10.1. The van der Waals surface area contributed by atoms with Gasteiger partial charge >= 0.3 is 11.9 Å². The Balaban J connectivity index is 2.03. The van der Waals surface area contributed by atoms with Crippen LogP contribution in [0.25, 0.3) is 6.08 Å². The number of hydrogen-bond donors (Lipinski definition) is 5. The number of phenols is 2. The molecule has 1 aromatic carbocycles. The number of carbonyl (C=O) groups excluding carboxylic acids is 2. The third-order valence-corrected chi connectivity index (χ3v) is 4.65. The predicted molar refractivity (Wildman–Crippen MR) is 101 cm³/mol. The molecule has 160 valence electrons. The fraction of sp³-hybridized carbons (Fsp3) is 0.500. The first-order chi connectivity index (χ1) is 13.7. The second kappa shape index (κ2) is 9.73. The number of hydrogen-bond acceptors (Lipinski definition) is 9. The second-order valence-electron chi connectivity index (χ2n) is 7.04. The van der Waals surface area contributed by atoms with Crippen molar-refractivity contribution in [1.82, 2.24) is 0 Å². The number of aromatic hydroxyl groups is 2. The lowest BCUT2D eigenvalue weighted by molar-refractivity contribution is -0.200. The van der Waals surface area contributed by atoms with Crippen molar-refractivity contribution >= 4 is 18.0 Å². The van der Waals surface area contributed by atoms with Crippen molar-refractivity contribution in [3.05, 3.63) is 29.8 Å². The monoisotopic (exact) mass is 410 g/mol. The number of rotatable bonds is 7. The van der Waals surface area contributed by atoms with Crippen LogP contribution >= 0.6 is 0 Å². The molecule has 4 atom stereocenters. The number of benzene rings is 1. The van der Waals surface area contributed by atoms with Gasteiger partial charge in [-0.3, -0.25) is 0 Å². The molecule has 1 aromatic rings. The summed E-state index contributed by atoms with van der Waals surface area (Å²) in [6, 6.07) is 3.92. The van der Waals surface area contributed by atoms with Crippen LogP contribution in [0, 0.1) is 0 Å². The average Bonchev–Trinajstić information content (AvgIpc) is 2.67. The highest BCUT2D eigenvalue weighted by atomic mass is 16.6. The van der Waals surface area contributed by atoms with E-state index in [1.165, 1.54) is 24.3 Å². The van der Waals surface area contributed by atoms with Crippen molar-refractivity contribution < 1.29 is 44.6 Å². The Morgan fingerprint density at radius 3 is 2.59 bits per heavy atom. The van der Waals surface area contributed by atoms with Crippen LogP contribution in [-0.2, 0) is 19.1 Å². The molecule has 0 radical (unpaired) electrons. The van der Waals surface area contributed by atoms with Crippen molar-refractivity contribution in [2.45, 2.75) is 56.5 Å². The topological polar surface area (TPSA) is 154 Å². The average molecular weight is 410 g/mol. The molecule has 5 N–H and O–H groups in total. The molecule has 29 heavy (non-hydrogen) atoms.